The second kappa shape index (κ2) is 6.42. The Labute approximate surface area is 162 Å². The van der Waals surface area contributed by atoms with Gasteiger partial charge in [0.05, 0.1) is 11.8 Å². The summed E-state index contributed by atoms with van der Waals surface area (Å²) in [5.74, 6) is 1.98. The van der Waals surface area contributed by atoms with Gasteiger partial charge in [-0.3, -0.25) is 4.98 Å². The summed E-state index contributed by atoms with van der Waals surface area (Å²) >= 11 is 0. The topological polar surface area (TPSA) is 96.2 Å². The average Bonchev–Trinajstić information content (AvgIpc) is 3.25. The van der Waals surface area contributed by atoms with Gasteiger partial charge >= 0.3 is 0 Å². The van der Waals surface area contributed by atoms with Crippen LogP contribution in [0.25, 0.3) is 28.4 Å². The SMILES string of the molecule is COC1CC(c2cn3nc(-c4nccn4C)nc(N)c3c2-c2ccccn2)C1. The summed E-state index contributed by atoms with van der Waals surface area (Å²) < 4.78 is 9.18. The van der Waals surface area contributed by atoms with Gasteiger partial charge in [-0.1, -0.05) is 6.07 Å². The minimum atomic E-state index is 0.302. The summed E-state index contributed by atoms with van der Waals surface area (Å²) in [5, 5.41) is 4.71. The molecule has 1 fully saturated rings. The van der Waals surface area contributed by atoms with E-state index in [1.807, 2.05) is 40.5 Å². The van der Waals surface area contributed by atoms with E-state index in [1.165, 1.54) is 5.56 Å². The Bertz CT molecular complexity index is 1140. The first-order valence-corrected chi connectivity index (χ1v) is 9.26. The van der Waals surface area contributed by atoms with E-state index in [-0.39, 0.29) is 0 Å². The molecule has 0 bridgehead atoms. The average molecular weight is 375 g/mol. The highest BCUT2D eigenvalue weighted by atomic mass is 16.5. The monoisotopic (exact) mass is 375 g/mol. The second-order valence-corrected chi connectivity index (χ2v) is 7.18. The molecule has 0 saturated heterocycles. The number of nitrogen functional groups attached to an aromatic ring is 1. The number of nitrogens with zero attached hydrogens (tertiary/aromatic N) is 6. The molecule has 1 saturated carbocycles. The van der Waals surface area contributed by atoms with Gasteiger partial charge in [0.1, 0.15) is 5.52 Å². The molecule has 0 spiro atoms. The Hall–Kier alpha value is -3.26. The molecule has 1 aliphatic rings. The first-order chi connectivity index (χ1) is 13.7. The van der Waals surface area contributed by atoms with Gasteiger partial charge in [0, 0.05) is 44.5 Å². The maximum Gasteiger partial charge on any atom is 0.218 e. The van der Waals surface area contributed by atoms with Crippen LogP contribution in [0.5, 0.6) is 0 Å². The molecular formula is C20H21N7O. The third-order valence-corrected chi connectivity index (χ3v) is 5.50. The highest BCUT2D eigenvalue weighted by Crippen LogP contribution is 2.45. The normalized spacial score (nSPS) is 19.1. The molecule has 4 aromatic rings. The number of hydrogen-bond donors (Lipinski definition) is 1. The Morgan fingerprint density at radius 2 is 2.04 bits per heavy atom. The number of aryl methyl sites for hydroxylation is 1. The predicted octanol–water partition coefficient (Wildman–Crippen LogP) is 2.67. The largest absolute Gasteiger partial charge is 0.382 e. The lowest BCUT2D eigenvalue weighted by Gasteiger charge is -2.34. The number of nitrogens with two attached hydrogens (primary N) is 1. The molecule has 142 valence electrons. The van der Waals surface area contributed by atoms with Crippen LogP contribution in [0.2, 0.25) is 0 Å². The summed E-state index contributed by atoms with van der Waals surface area (Å²) in [6.07, 6.45) is 9.69. The van der Waals surface area contributed by atoms with Gasteiger partial charge in [-0.2, -0.15) is 0 Å². The van der Waals surface area contributed by atoms with Gasteiger partial charge in [0.25, 0.3) is 0 Å². The number of rotatable bonds is 4. The highest BCUT2D eigenvalue weighted by molar-refractivity contribution is 5.89. The molecular weight excluding hydrogens is 354 g/mol. The Morgan fingerprint density at radius 3 is 2.71 bits per heavy atom. The molecule has 8 nitrogen and oxygen atoms in total. The number of fused-ring (bicyclic) bond motifs is 1. The molecule has 0 radical (unpaired) electrons. The molecule has 0 atom stereocenters. The quantitative estimate of drug-likeness (QED) is 0.589. The Balaban J connectivity index is 1.72. The van der Waals surface area contributed by atoms with Crippen molar-refractivity contribution in [3.63, 3.8) is 0 Å². The Morgan fingerprint density at radius 1 is 1.18 bits per heavy atom. The highest BCUT2D eigenvalue weighted by Gasteiger charge is 2.34. The summed E-state index contributed by atoms with van der Waals surface area (Å²) in [5.41, 5.74) is 10.3. The third kappa shape index (κ3) is 2.56. The molecule has 2 N–H and O–H groups in total. The zero-order chi connectivity index (χ0) is 19.3. The number of anilines is 1. The smallest absolute Gasteiger partial charge is 0.218 e. The van der Waals surface area contributed by atoms with E-state index in [0.29, 0.717) is 29.5 Å². The fourth-order valence-electron chi connectivity index (χ4n) is 3.91. The second-order valence-electron chi connectivity index (χ2n) is 7.18. The molecule has 0 amide bonds. The zero-order valence-corrected chi connectivity index (χ0v) is 15.8. The molecule has 1 aliphatic carbocycles. The van der Waals surface area contributed by atoms with Crippen LogP contribution in [0, 0.1) is 0 Å². The van der Waals surface area contributed by atoms with E-state index < -0.39 is 0 Å². The molecule has 8 heteroatoms. The number of aromatic nitrogens is 6. The molecule has 28 heavy (non-hydrogen) atoms. The molecule has 4 heterocycles. The van der Waals surface area contributed by atoms with E-state index in [9.17, 15) is 0 Å². The van der Waals surface area contributed by atoms with Gasteiger partial charge in [-0.25, -0.2) is 14.5 Å². The van der Waals surface area contributed by atoms with E-state index >= 15 is 0 Å². The number of pyridine rings is 1. The van der Waals surface area contributed by atoms with E-state index in [0.717, 1.165) is 29.6 Å². The van der Waals surface area contributed by atoms with Crippen molar-refractivity contribution in [3.05, 3.63) is 48.5 Å². The minimum absolute atomic E-state index is 0.302. The van der Waals surface area contributed by atoms with Crippen LogP contribution < -0.4 is 5.73 Å². The first kappa shape index (κ1) is 16.9. The van der Waals surface area contributed by atoms with E-state index in [1.54, 1.807) is 19.5 Å². The number of methoxy groups -OCH3 is 1. The zero-order valence-electron chi connectivity index (χ0n) is 15.8. The Kier molecular flexibility index (Phi) is 3.87. The fourth-order valence-corrected chi connectivity index (χ4v) is 3.91. The van der Waals surface area contributed by atoms with Crippen molar-refractivity contribution in [2.24, 2.45) is 7.05 Å². The lowest BCUT2D eigenvalue weighted by molar-refractivity contribution is 0.0259. The minimum Gasteiger partial charge on any atom is -0.382 e. The van der Waals surface area contributed by atoms with Gasteiger partial charge in [0.15, 0.2) is 11.6 Å². The van der Waals surface area contributed by atoms with Crippen LogP contribution in [0.15, 0.2) is 43.0 Å². The lowest BCUT2D eigenvalue weighted by Crippen LogP contribution is -2.28. The molecule has 0 aliphatic heterocycles. The van der Waals surface area contributed by atoms with Crippen LogP contribution in [0.3, 0.4) is 0 Å². The lowest BCUT2D eigenvalue weighted by atomic mass is 9.76. The van der Waals surface area contributed by atoms with Crippen molar-refractivity contribution in [2.75, 3.05) is 12.8 Å². The summed E-state index contributed by atoms with van der Waals surface area (Å²) in [4.78, 5) is 13.5. The molecule has 5 rings (SSSR count). The maximum absolute atomic E-state index is 6.42. The molecule has 0 aromatic carbocycles. The van der Waals surface area contributed by atoms with E-state index in [4.69, 9.17) is 15.6 Å². The predicted molar refractivity (Wildman–Crippen MR) is 106 cm³/mol. The van der Waals surface area contributed by atoms with Gasteiger partial charge in [-0.15, -0.1) is 5.10 Å². The van der Waals surface area contributed by atoms with Crippen LogP contribution in [-0.2, 0) is 11.8 Å². The number of imidazole rings is 1. The van der Waals surface area contributed by atoms with Crippen molar-refractivity contribution >= 4 is 11.3 Å². The van der Waals surface area contributed by atoms with Crippen LogP contribution in [0.4, 0.5) is 5.82 Å². The van der Waals surface area contributed by atoms with Crippen molar-refractivity contribution < 1.29 is 4.74 Å². The first-order valence-electron chi connectivity index (χ1n) is 9.26. The standard InChI is InChI=1S/C20H21N7O/c1-26-8-7-23-20(26)19-24-18(21)17-16(15-5-3-4-6-22-15)14(11-27(17)25-19)12-9-13(10-12)28-2/h3-8,11-13H,9-10H2,1-2H3,(H2,21,24,25). The molecule has 4 aromatic heterocycles. The summed E-state index contributed by atoms with van der Waals surface area (Å²) in [6, 6.07) is 5.88. The van der Waals surface area contributed by atoms with Crippen molar-refractivity contribution in [1.29, 1.82) is 0 Å². The van der Waals surface area contributed by atoms with Crippen LogP contribution in [0.1, 0.15) is 24.3 Å². The van der Waals surface area contributed by atoms with Crippen LogP contribution in [-0.4, -0.2) is 42.3 Å². The maximum atomic E-state index is 6.42. The van der Waals surface area contributed by atoms with Crippen molar-refractivity contribution in [3.8, 4) is 22.9 Å². The number of hydrogen-bond acceptors (Lipinski definition) is 6. The number of ether oxygens (including phenoxy) is 1. The molecule has 0 unspecified atom stereocenters. The summed E-state index contributed by atoms with van der Waals surface area (Å²) in [6.45, 7) is 0. The third-order valence-electron chi connectivity index (χ3n) is 5.50. The van der Waals surface area contributed by atoms with Crippen LogP contribution >= 0.6 is 0 Å². The fraction of sp³-hybridized carbons (Fsp3) is 0.300. The van der Waals surface area contributed by atoms with Gasteiger partial charge < -0.3 is 15.0 Å². The van der Waals surface area contributed by atoms with E-state index in [2.05, 4.69) is 21.1 Å². The van der Waals surface area contributed by atoms with Gasteiger partial charge in [-0.05, 0) is 36.5 Å². The summed E-state index contributed by atoms with van der Waals surface area (Å²) in [7, 11) is 3.67. The van der Waals surface area contributed by atoms with Crippen molar-refractivity contribution in [2.45, 2.75) is 24.9 Å². The van der Waals surface area contributed by atoms with Crippen molar-refractivity contribution in [1.82, 2.24) is 29.1 Å². The van der Waals surface area contributed by atoms with Gasteiger partial charge in [0.2, 0.25) is 5.82 Å².